The van der Waals surface area contributed by atoms with Crippen LogP contribution in [0.25, 0.3) is 10.6 Å². The summed E-state index contributed by atoms with van der Waals surface area (Å²) < 4.78 is 7.09. The van der Waals surface area contributed by atoms with Crippen LogP contribution in [0.3, 0.4) is 0 Å². The van der Waals surface area contributed by atoms with E-state index < -0.39 is 5.54 Å². The molecule has 0 amide bonds. The molecule has 1 saturated carbocycles. The zero-order valence-electron chi connectivity index (χ0n) is 14.2. The summed E-state index contributed by atoms with van der Waals surface area (Å²) in [5, 5.41) is 10.6. The Kier molecular flexibility index (Phi) is 5.30. The molecule has 1 fully saturated rings. The predicted molar refractivity (Wildman–Crippen MR) is 93.6 cm³/mol. The number of carbonyl (C=O) groups excluding carboxylic acids is 1. The molecule has 0 unspecified atom stereocenters. The lowest BCUT2D eigenvalue weighted by atomic mass is 9.81. The number of nitrogens with zero attached hydrogens (tertiary/aromatic N) is 3. The van der Waals surface area contributed by atoms with Crippen LogP contribution in [-0.4, -0.2) is 32.9 Å². The lowest BCUT2D eigenvalue weighted by Crippen LogP contribution is -2.53. The lowest BCUT2D eigenvalue weighted by Gasteiger charge is -2.35. The second-order valence-corrected chi connectivity index (χ2v) is 7.12. The number of nitrogens with one attached hydrogen (secondary N) is 1. The van der Waals surface area contributed by atoms with Crippen molar-refractivity contribution in [2.24, 2.45) is 7.05 Å². The van der Waals surface area contributed by atoms with Crippen LogP contribution in [0.5, 0.6) is 0 Å². The van der Waals surface area contributed by atoms with E-state index in [9.17, 15) is 4.79 Å². The van der Waals surface area contributed by atoms with E-state index in [-0.39, 0.29) is 5.97 Å². The molecule has 24 heavy (non-hydrogen) atoms. The van der Waals surface area contributed by atoms with Gasteiger partial charge in [-0.2, -0.15) is 5.10 Å². The first-order chi connectivity index (χ1) is 11.6. The van der Waals surface area contributed by atoms with E-state index >= 15 is 0 Å². The van der Waals surface area contributed by atoms with Crippen molar-refractivity contribution in [3.8, 4) is 10.6 Å². The number of esters is 1. The van der Waals surface area contributed by atoms with E-state index in [0.29, 0.717) is 13.2 Å². The Bertz CT molecular complexity index is 688. The quantitative estimate of drug-likeness (QED) is 0.813. The second kappa shape index (κ2) is 7.44. The van der Waals surface area contributed by atoms with E-state index in [2.05, 4.69) is 15.4 Å². The van der Waals surface area contributed by atoms with Crippen LogP contribution in [-0.2, 0) is 23.1 Å². The molecular formula is C17H24N4O2S. The number of aromatic nitrogens is 3. The van der Waals surface area contributed by atoms with E-state index in [1.807, 2.05) is 31.7 Å². The number of hydrogen-bond acceptors (Lipinski definition) is 6. The Morgan fingerprint density at radius 2 is 2.21 bits per heavy atom. The Morgan fingerprint density at radius 3 is 2.88 bits per heavy atom. The predicted octanol–water partition coefficient (Wildman–Crippen LogP) is 2.90. The SMILES string of the molecule is CCOC(=O)C1(NCc2csc(-c3cnn(C)c3)n2)CCCCC1. The first-order valence-electron chi connectivity index (χ1n) is 8.48. The average Bonchev–Trinajstić information content (AvgIpc) is 3.23. The standard InChI is InChI=1S/C17H24N4O2S/c1-3-23-16(22)17(7-5-4-6-8-17)18-10-14-12-24-15(20-14)13-9-19-21(2)11-13/h9,11-12,18H,3-8,10H2,1-2H3. The lowest BCUT2D eigenvalue weighted by molar-refractivity contribution is -0.153. The highest BCUT2D eigenvalue weighted by atomic mass is 32.1. The van der Waals surface area contributed by atoms with Gasteiger partial charge in [-0.15, -0.1) is 11.3 Å². The summed E-state index contributed by atoms with van der Waals surface area (Å²) in [5.41, 5.74) is 1.42. The van der Waals surface area contributed by atoms with Crippen molar-refractivity contribution >= 4 is 17.3 Å². The molecule has 0 radical (unpaired) electrons. The highest BCUT2D eigenvalue weighted by Crippen LogP contribution is 2.30. The van der Waals surface area contributed by atoms with Gasteiger partial charge in [-0.3, -0.25) is 14.8 Å². The molecule has 7 heteroatoms. The van der Waals surface area contributed by atoms with Gasteiger partial charge in [0.05, 0.1) is 18.5 Å². The van der Waals surface area contributed by atoms with Crippen molar-refractivity contribution < 1.29 is 9.53 Å². The van der Waals surface area contributed by atoms with Gasteiger partial charge in [-0.1, -0.05) is 19.3 Å². The highest BCUT2D eigenvalue weighted by Gasteiger charge is 2.40. The van der Waals surface area contributed by atoms with Gasteiger partial charge in [0.2, 0.25) is 0 Å². The summed E-state index contributed by atoms with van der Waals surface area (Å²) in [5.74, 6) is -0.118. The van der Waals surface area contributed by atoms with Crippen molar-refractivity contribution in [1.82, 2.24) is 20.1 Å². The van der Waals surface area contributed by atoms with Gasteiger partial charge in [0.15, 0.2) is 0 Å². The first kappa shape index (κ1) is 17.1. The van der Waals surface area contributed by atoms with E-state index in [1.54, 1.807) is 16.0 Å². The van der Waals surface area contributed by atoms with Crippen molar-refractivity contribution in [1.29, 1.82) is 0 Å². The molecule has 0 atom stereocenters. The minimum absolute atomic E-state index is 0.118. The second-order valence-electron chi connectivity index (χ2n) is 6.26. The van der Waals surface area contributed by atoms with Gasteiger partial charge < -0.3 is 4.74 Å². The average molecular weight is 348 g/mol. The number of ether oxygens (including phenoxy) is 1. The normalized spacial score (nSPS) is 16.9. The summed E-state index contributed by atoms with van der Waals surface area (Å²) in [6, 6.07) is 0. The molecule has 2 heterocycles. The van der Waals surface area contributed by atoms with Crippen LogP contribution >= 0.6 is 11.3 Å². The topological polar surface area (TPSA) is 69.0 Å². The Hall–Kier alpha value is -1.73. The van der Waals surface area contributed by atoms with E-state index in [1.165, 1.54) is 6.42 Å². The van der Waals surface area contributed by atoms with Gasteiger partial charge in [0, 0.05) is 30.7 Å². The van der Waals surface area contributed by atoms with Crippen LogP contribution in [0, 0.1) is 0 Å². The summed E-state index contributed by atoms with van der Waals surface area (Å²) >= 11 is 1.60. The molecule has 0 bridgehead atoms. The number of aryl methyl sites for hydroxylation is 1. The van der Waals surface area contributed by atoms with Crippen molar-refractivity contribution in [2.75, 3.05) is 6.61 Å². The fourth-order valence-electron chi connectivity index (χ4n) is 3.19. The van der Waals surface area contributed by atoms with Crippen molar-refractivity contribution in [3.05, 3.63) is 23.5 Å². The minimum Gasteiger partial charge on any atom is -0.465 e. The highest BCUT2D eigenvalue weighted by molar-refractivity contribution is 7.13. The molecule has 130 valence electrons. The zero-order valence-corrected chi connectivity index (χ0v) is 15.1. The smallest absolute Gasteiger partial charge is 0.326 e. The molecule has 3 rings (SSSR count). The molecule has 6 nitrogen and oxygen atoms in total. The van der Waals surface area contributed by atoms with E-state index in [0.717, 1.165) is 41.9 Å². The summed E-state index contributed by atoms with van der Waals surface area (Å²) in [4.78, 5) is 17.1. The monoisotopic (exact) mass is 348 g/mol. The molecule has 0 aliphatic heterocycles. The van der Waals surface area contributed by atoms with Gasteiger partial charge >= 0.3 is 5.97 Å². The third-order valence-electron chi connectivity index (χ3n) is 4.48. The number of carbonyl (C=O) groups is 1. The van der Waals surface area contributed by atoms with Crippen LogP contribution in [0.1, 0.15) is 44.7 Å². The molecule has 2 aromatic heterocycles. The Labute approximate surface area is 146 Å². The van der Waals surface area contributed by atoms with E-state index in [4.69, 9.17) is 4.74 Å². The van der Waals surface area contributed by atoms with Crippen LogP contribution in [0.4, 0.5) is 0 Å². The van der Waals surface area contributed by atoms with Crippen LogP contribution in [0.15, 0.2) is 17.8 Å². The maximum Gasteiger partial charge on any atom is 0.326 e. The zero-order chi connectivity index (χ0) is 17.0. The molecule has 0 spiro atoms. The number of rotatable bonds is 6. The molecule has 1 aliphatic rings. The maximum atomic E-state index is 12.5. The molecule has 1 N–H and O–H groups in total. The van der Waals surface area contributed by atoms with Gasteiger partial charge in [0.25, 0.3) is 0 Å². The number of thiazole rings is 1. The largest absolute Gasteiger partial charge is 0.465 e. The summed E-state index contributed by atoms with van der Waals surface area (Å²) in [6.07, 6.45) is 8.75. The summed E-state index contributed by atoms with van der Waals surface area (Å²) in [6.45, 7) is 2.86. The third-order valence-corrected chi connectivity index (χ3v) is 5.42. The minimum atomic E-state index is -0.549. The molecule has 0 saturated heterocycles. The maximum absolute atomic E-state index is 12.5. The third kappa shape index (κ3) is 3.67. The Morgan fingerprint density at radius 1 is 1.42 bits per heavy atom. The Balaban J connectivity index is 1.68. The van der Waals surface area contributed by atoms with Crippen LogP contribution in [0.2, 0.25) is 0 Å². The fraction of sp³-hybridized carbons (Fsp3) is 0.588. The van der Waals surface area contributed by atoms with Crippen LogP contribution < -0.4 is 5.32 Å². The van der Waals surface area contributed by atoms with Gasteiger partial charge in [-0.25, -0.2) is 4.98 Å². The molecule has 2 aromatic rings. The summed E-state index contributed by atoms with van der Waals surface area (Å²) in [7, 11) is 1.89. The molecular weight excluding hydrogens is 324 g/mol. The van der Waals surface area contributed by atoms with Gasteiger partial charge in [0.1, 0.15) is 10.5 Å². The van der Waals surface area contributed by atoms with Crippen molar-refractivity contribution in [2.45, 2.75) is 51.1 Å². The molecule has 1 aliphatic carbocycles. The fourth-order valence-corrected chi connectivity index (χ4v) is 3.98. The first-order valence-corrected chi connectivity index (χ1v) is 9.36. The number of hydrogen-bond donors (Lipinski definition) is 1. The van der Waals surface area contributed by atoms with Gasteiger partial charge in [-0.05, 0) is 19.8 Å². The van der Waals surface area contributed by atoms with Crippen molar-refractivity contribution in [3.63, 3.8) is 0 Å². The molecule has 0 aromatic carbocycles.